The van der Waals surface area contributed by atoms with Gasteiger partial charge in [0.2, 0.25) is 11.7 Å². The molecule has 0 radical (unpaired) electrons. The lowest BCUT2D eigenvalue weighted by molar-refractivity contribution is -0.128. The Morgan fingerprint density at radius 1 is 1.33 bits per heavy atom. The first-order chi connectivity index (χ1) is 14.2. The number of ketones is 1. The van der Waals surface area contributed by atoms with E-state index in [4.69, 9.17) is 10.2 Å². The molecule has 154 valence electrons. The molecule has 2 N–H and O–H groups in total. The van der Waals surface area contributed by atoms with Gasteiger partial charge in [0, 0.05) is 35.1 Å². The monoisotopic (exact) mass is 468 g/mol. The average Bonchev–Trinajstić information content (AvgIpc) is 3.02. The summed E-state index contributed by atoms with van der Waals surface area (Å²) in [6, 6.07) is 9.25. The Morgan fingerprint density at radius 3 is 2.83 bits per heavy atom. The van der Waals surface area contributed by atoms with Crippen LogP contribution in [-0.2, 0) is 16.8 Å². The molecule has 0 aliphatic carbocycles. The van der Waals surface area contributed by atoms with Crippen LogP contribution in [0.4, 0.5) is 0 Å². The number of benzene rings is 1. The Balaban J connectivity index is 1.63. The lowest BCUT2D eigenvalue weighted by Gasteiger charge is -2.32. The zero-order valence-electron chi connectivity index (χ0n) is 16.9. The summed E-state index contributed by atoms with van der Waals surface area (Å²) in [6.45, 7) is 3.70. The molecular formula is C22H21BrN4O3. The number of aromatic nitrogens is 1. The van der Waals surface area contributed by atoms with Gasteiger partial charge in [0.05, 0.1) is 12.1 Å². The number of carbonyl (C=O) groups excluding carboxylic acids is 2. The van der Waals surface area contributed by atoms with Gasteiger partial charge in [-0.05, 0) is 49.7 Å². The number of hydrogen-bond donors (Lipinski definition) is 1. The van der Waals surface area contributed by atoms with Crippen molar-refractivity contribution in [2.24, 2.45) is 10.7 Å². The molecule has 7 nitrogen and oxygen atoms in total. The van der Waals surface area contributed by atoms with Gasteiger partial charge in [-0.3, -0.25) is 19.5 Å². The van der Waals surface area contributed by atoms with E-state index in [0.29, 0.717) is 17.0 Å². The first kappa shape index (κ1) is 20.3. The molecule has 1 amide bonds. The number of carbonyl (C=O) groups is 2. The molecule has 0 fully saturated rings. The quantitative estimate of drug-likeness (QED) is 0.587. The van der Waals surface area contributed by atoms with E-state index in [1.807, 2.05) is 38.1 Å². The van der Waals surface area contributed by atoms with Gasteiger partial charge in [0.1, 0.15) is 11.1 Å². The largest absolute Gasteiger partial charge is 0.453 e. The molecule has 0 bridgehead atoms. The number of Topliss-reactive ketones (excluding diaryl/α,β-unsaturated/α-hetero) is 1. The van der Waals surface area contributed by atoms with Crippen molar-refractivity contribution in [1.29, 1.82) is 0 Å². The molecule has 0 saturated carbocycles. The predicted octanol–water partition coefficient (Wildman–Crippen LogP) is 3.72. The fourth-order valence-electron chi connectivity index (χ4n) is 3.66. The standard InChI is InChI=1S/C22H21BrN4O3/c1-12-15-10-14(23)4-5-17(15)30-20(12)16(28)8-13-6-7-25-18(9-13)22(2)11-19(29)27(3)21(24)26-22/h4-7,9-10H,8,11H2,1-3H3,(H2,24,26). The van der Waals surface area contributed by atoms with Crippen LogP contribution in [0.15, 0.2) is 50.4 Å². The molecule has 1 aliphatic rings. The first-order valence-electron chi connectivity index (χ1n) is 9.47. The molecule has 1 aromatic carbocycles. The number of halogens is 1. The highest BCUT2D eigenvalue weighted by Gasteiger charge is 2.37. The third kappa shape index (κ3) is 3.52. The Labute approximate surface area is 182 Å². The number of amides is 1. The van der Waals surface area contributed by atoms with E-state index < -0.39 is 5.54 Å². The number of aryl methyl sites for hydroxylation is 1. The van der Waals surface area contributed by atoms with Gasteiger partial charge in [0.25, 0.3) is 0 Å². The topological polar surface area (TPSA) is 102 Å². The fourth-order valence-corrected chi connectivity index (χ4v) is 4.02. The summed E-state index contributed by atoms with van der Waals surface area (Å²) in [5.41, 5.74) is 7.89. The third-order valence-electron chi connectivity index (χ3n) is 5.47. The second-order valence-corrected chi connectivity index (χ2v) is 8.64. The van der Waals surface area contributed by atoms with E-state index in [9.17, 15) is 9.59 Å². The van der Waals surface area contributed by atoms with Crippen LogP contribution in [-0.4, -0.2) is 34.6 Å². The highest BCUT2D eigenvalue weighted by atomic mass is 79.9. The van der Waals surface area contributed by atoms with Crippen LogP contribution in [0.1, 0.15) is 40.7 Å². The van der Waals surface area contributed by atoms with Crippen molar-refractivity contribution in [1.82, 2.24) is 9.88 Å². The molecule has 0 spiro atoms. The van der Waals surface area contributed by atoms with E-state index in [1.54, 1.807) is 19.3 Å². The summed E-state index contributed by atoms with van der Waals surface area (Å²) in [6.07, 6.45) is 1.94. The minimum absolute atomic E-state index is 0.121. The van der Waals surface area contributed by atoms with Gasteiger partial charge in [-0.15, -0.1) is 0 Å². The van der Waals surface area contributed by atoms with Crippen LogP contribution in [0, 0.1) is 6.92 Å². The van der Waals surface area contributed by atoms with Gasteiger partial charge in [0.15, 0.2) is 11.7 Å². The third-order valence-corrected chi connectivity index (χ3v) is 5.96. The SMILES string of the molecule is Cc1c(C(=O)Cc2ccnc(C3(C)CC(=O)N(C)C(N)=N3)c2)oc2ccc(Br)cc12. The fraction of sp³-hybridized carbons (Fsp3) is 0.273. The summed E-state index contributed by atoms with van der Waals surface area (Å²) in [4.78, 5) is 35.4. The van der Waals surface area contributed by atoms with E-state index in [2.05, 4.69) is 25.9 Å². The van der Waals surface area contributed by atoms with Crippen LogP contribution in [0.25, 0.3) is 11.0 Å². The van der Waals surface area contributed by atoms with Crippen molar-refractivity contribution in [3.05, 3.63) is 63.6 Å². The number of aliphatic imine (C=N–C) groups is 1. The number of furan rings is 1. The lowest BCUT2D eigenvalue weighted by atomic mass is 9.90. The maximum atomic E-state index is 13.0. The molecule has 1 unspecified atom stereocenters. The van der Waals surface area contributed by atoms with Crippen molar-refractivity contribution < 1.29 is 14.0 Å². The summed E-state index contributed by atoms with van der Waals surface area (Å²) in [7, 11) is 1.59. The highest BCUT2D eigenvalue weighted by molar-refractivity contribution is 9.10. The Hall–Kier alpha value is -3.00. The van der Waals surface area contributed by atoms with Crippen LogP contribution in [0.5, 0.6) is 0 Å². The average molecular weight is 469 g/mol. The molecule has 3 heterocycles. The number of guanidine groups is 1. The normalized spacial score (nSPS) is 19.3. The Morgan fingerprint density at radius 2 is 2.10 bits per heavy atom. The summed E-state index contributed by atoms with van der Waals surface area (Å²) in [5.74, 6) is 0.257. The maximum Gasteiger partial charge on any atom is 0.231 e. The molecule has 3 aromatic rings. The molecule has 4 rings (SSSR count). The number of nitrogens with two attached hydrogens (primary N) is 1. The maximum absolute atomic E-state index is 13.0. The molecule has 1 aliphatic heterocycles. The smallest absolute Gasteiger partial charge is 0.231 e. The first-order valence-corrected chi connectivity index (χ1v) is 10.3. The van der Waals surface area contributed by atoms with Crippen molar-refractivity contribution in [2.75, 3.05) is 7.05 Å². The second kappa shape index (κ2) is 7.36. The van der Waals surface area contributed by atoms with E-state index in [-0.39, 0.29) is 30.5 Å². The molecule has 30 heavy (non-hydrogen) atoms. The number of fused-ring (bicyclic) bond motifs is 1. The minimum Gasteiger partial charge on any atom is -0.453 e. The summed E-state index contributed by atoms with van der Waals surface area (Å²) >= 11 is 3.45. The van der Waals surface area contributed by atoms with Crippen LogP contribution in [0.3, 0.4) is 0 Å². The minimum atomic E-state index is -0.867. The molecule has 0 saturated heterocycles. The molecular weight excluding hydrogens is 448 g/mol. The zero-order valence-corrected chi connectivity index (χ0v) is 18.5. The number of nitrogens with zero attached hydrogens (tertiary/aromatic N) is 3. The highest BCUT2D eigenvalue weighted by Crippen LogP contribution is 2.32. The number of pyridine rings is 1. The van der Waals surface area contributed by atoms with Crippen molar-refractivity contribution >= 4 is 44.5 Å². The predicted molar refractivity (Wildman–Crippen MR) is 117 cm³/mol. The van der Waals surface area contributed by atoms with Crippen LogP contribution < -0.4 is 5.73 Å². The van der Waals surface area contributed by atoms with Crippen LogP contribution >= 0.6 is 15.9 Å². The van der Waals surface area contributed by atoms with Gasteiger partial charge >= 0.3 is 0 Å². The summed E-state index contributed by atoms with van der Waals surface area (Å²) < 4.78 is 6.75. The summed E-state index contributed by atoms with van der Waals surface area (Å²) in [5, 5.41) is 0.908. The van der Waals surface area contributed by atoms with Crippen molar-refractivity contribution in [2.45, 2.75) is 32.2 Å². The van der Waals surface area contributed by atoms with Gasteiger partial charge < -0.3 is 10.2 Å². The Bertz CT molecular complexity index is 1220. The molecule has 2 aromatic heterocycles. The Kier molecular flexibility index (Phi) is 4.97. The lowest BCUT2D eigenvalue weighted by Crippen LogP contribution is -2.47. The number of rotatable bonds is 4. The van der Waals surface area contributed by atoms with Crippen LogP contribution in [0.2, 0.25) is 0 Å². The zero-order chi connectivity index (χ0) is 21.6. The van der Waals surface area contributed by atoms with Gasteiger partial charge in [-0.2, -0.15) is 0 Å². The van der Waals surface area contributed by atoms with Gasteiger partial charge in [-0.1, -0.05) is 15.9 Å². The van der Waals surface area contributed by atoms with Crippen molar-refractivity contribution in [3.63, 3.8) is 0 Å². The molecule has 8 heteroatoms. The number of hydrogen-bond acceptors (Lipinski definition) is 6. The van der Waals surface area contributed by atoms with E-state index in [0.717, 1.165) is 21.0 Å². The van der Waals surface area contributed by atoms with E-state index >= 15 is 0 Å². The van der Waals surface area contributed by atoms with Gasteiger partial charge in [-0.25, -0.2) is 4.99 Å². The van der Waals surface area contributed by atoms with Crippen molar-refractivity contribution in [3.8, 4) is 0 Å². The van der Waals surface area contributed by atoms with E-state index in [1.165, 1.54) is 4.90 Å². The second-order valence-electron chi connectivity index (χ2n) is 7.72. The molecule has 1 atom stereocenters.